The van der Waals surface area contributed by atoms with Gasteiger partial charge in [-0.05, 0) is 59.3 Å². The van der Waals surface area contributed by atoms with Gasteiger partial charge in [-0.25, -0.2) is 0 Å². The highest BCUT2D eigenvalue weighted by molar-refractivity contribution is 5.56. The third-order valence-electron chi connectivity index (χ3n) is 8.82. The number of benzene rings is 6. The monoisotopic (exact) mass is 586 g/mol. The highest BCUT2D eigenvalue weighted by Crippen LogP contribution is 2.45. The lowest BCUT2D eigenvalue weighted by Crippen LogP contribution is -2.57. The largest absolute Gasteiger partial charge is 0.317 e. The molecule has 2 N–H and O–H groups in total. The Morgan fingerprint density at radius 2 is 0.533 bits per heavy atom. The minimum Gasteiger partial charge on any atom is -0.317 e. The van der Waals surface area contributed by atoms with E-state index in [1.54, 1.807) is 0 Å². The standard InChI is InChI=1S/C38H31N.C5H11N/c1-7-19-31(20-8-1)37(32-21-9-2-10-22-32,33-23-11-3-12-24-33)39-38(34-25-13-4-14-26-34,35-27-15-5-16-28-35)36-29-17-6-18-30-36;1-2-4-6-5-3-1/h1-30,39H;6H,1-5H2. The van der Waals surface area contributed by atoms with Crippen molar-refractivity contribution in [1.29, 1.82) is 0 Å². The van der Waals surface area contributed by atoms with E-state index in [2.05, 4.69) is 193 Å². The van der Waals surface area contributed by atoms with Gasteiger partial charge >= 0.3 is 0 Å². The molecule has 6 aromatic carbocycles. The summed E-state index contributed by atoms with van der Waals surface area (Å²) in [4.78, 5) is 0. The molecule has 0 aromatic heterocycles. The van der Waals surface area contributed by atoms with Crippen LogP contribution in [-0.4, -0.2) is 13.1 Å². The Hall–Kier alpha value is -4.76. The van der Waals surface area contributed by atoms with Crippen LogP contribution in [0.1, 0.15) is 52.6 Å². The van der Waals surface area contributed by atoms with Gasteiger partial charge in [-0.1, -0.05) is 188 Å². The van der Waals surface area contributed by atoms with Crippen molar-refractivity contribution in [3.05, 3.63) is 215 Å². The fourth-order valence-electron chi connectivity index (χ4n) is 6.64. The Labute approximate surface area is 268 Å². The molecule has 1 aliphatic heterocycles. The molecular weight excluding hydrogens is 544 g/mol. The SMILES string of the molecule is C1CCNCC1.c1ccc(C(NC(c2ccccc2)(c2ccccc2)c2ccccc2)(c2ccccc2)c2ccccc2)cc1. The lowest BCUT2D eigenvalue weighted by molar-refractivity contribution is 0.354. The molecule has 7 rings (SSSR count). The molecule has 0 spiro atoms. The first-order valence-electron chi connectivity index (χ1n) is 16.2. The Morgan fingerprint density at radius 1 is 0.311 bits per heavy atom. The van der Waals surface area contributed by atoms with Gasteiger partial charge < -0.3 is 5.32 Å². The van der Waals surface area contributed by atoms with Crippen molar-refractivity contribution in [1.82, 2.24) is 10.6 Å². The van der Waals surface area contributed by atoms with Crippen molar-refractivity contribution < 1.29 is 0 Å². The predicted molar refractivity (Wildman–Crippen MR) is 188 cm³/mol. The number of nitrogens with one attached hydrogen (secondary N) is 2. The normalized spacial score (nSPS) is 13.3. The van der Waals surface area contributed by atoms with Gasteiger partial charge in [0.25, 0.3) is 0 Å². The van der Waals surface area contributed by atoms with Crippen molar-refractivity contribution >= 4 is 0 Å². The van der Waals surface area contributed by atoms with E-state index in [0.29, 0.717) is 0 Å². The smallest absolute Gasteiger partial charge is 0.0959 e. The fourth-order valence-corrected chi connectivity index (χ4v) is 6.64. The molecule has 1 heterocycles. The highest BCUT2D eigenvalue weighted by atomic mass is 15.1. The summed E-state index contributed by atoms with van der Waals surface area (Å²) in [7, 11) is 0. The zero-order chi connectivity index (χ0) is 30.6. The van der Waals surface area contributed by atoms with Crippen LogP contribution in [0.2, 0.25) is 0 Å². The maximum absolute atomic E-state index is 4.38. The summed E-state index contributed by atoms with van der Waals surface area (Å²) in [5.74, 6) is 0. The second-order valence-electron chi connectivity index (χ2n) is 11.6. The summed E-state index contributed by atoms with van der Waals surface area (Å²) >= 11 is 0. The Kier molecular flexibility index (Phi) is 9.97. The summed E-state index contributed by atoms with van der Waals surface area (Å²) < 4.78 is 0. The molecule has 0 atom stereocenters. The molecule has 1 saturated heterocycles. The van der Waals surface area contributed by atoms with Crippen molar-refractivity contribution in [2.75, 3.05) is 13.1 Å². The zero-order valence-corrected chi connectivity index (χ0v) is 25.9. The summed E-state index contributed by atoms with van der Waals surface area (Å²) in [6.07, 6.45) is 4.22. The van der Waals surface area contributed by atoms with Crippen LogP contribution < -0.4 is 10.6 Å². The molecule has 0 bridgehead atoms. The molecule has 2 heteroatoms. The van der Waals surface area contributed by atoms with Crippen molar-refractivity contribution in [3.8, 4) is 0 Å². The van der Waals surface area contributed by atoms with Crippen LogP contribution in [0, 0.1) is 0 Å². The van der Waals surface area contributed by atoms with E-state index in [1.807, 2.05) is 0 Å². The zero-order valence-electron chi connectivity index (χ0n) is 25.9. The van der Waals surface area contributed by atoms with Crippen LogP contribution in [0.5, 0.6) is 0 Å². The Balaban J connectivity index is 0.000000535. The molecule has 6 aromatic rings. The number of hydrogen-bond donors (Lipinski definition) is 2. The number of hydrogen-bond acceptors (Lipinski definition) is 2. The van der Waals surface area contributed by atoms with Crippen molar-refractivity contribution in [2.24, 2.45) is 0 Å². The fraction of sp³-hybridized carbons (Fsp3) is 0.163. The van der Waals surface area contributed by atoms with E-state index >= 15 is 0 Å². The lowest BCUT2D eigenvalue weighted by Gasteiger charge is -2.47. The highest BCUT2D eigenvalue weighted by Gasteiger charge is 2.46. The summed E-state index contributed by atoms with van der Waals surface area (Å²) in [6.45, 7) is 2.50. The van der Waals surface area contributed by atoms with Crippen LogP contribution in [0.4, 0.5) is 0 Å². The van der Waals surface area contributed by atoms with E-state index < -0.39 is 11.1 Å². The van der Waals surface area contributed by atoms with E-state index in [4.69, 9.17) is 0 Å². The molecule has 45 heavy (non-hydrogen) atoms. The molecule has 0 amide bonds. The van der Waals surface area contributed by atoms with Crippen LogP contribution >= 0.6 is 0 Å². The molecule has 0 unspecified atom stereocenters. The minimum atomic E-state index is -0.675. The van der Waals surface area contributed by atoms with Gasteiger partial charge in [0.05, 0.1) is 11.1 Å². The van der Waals surface area contributed by atoms with Gasteiger partial charge in [0, 0.05) is 0 Å². The van der Waals surface area contributed by atoms with Crippen LogP contribution in [0.3, 0.4) is 0 Å². The molecule has 224 valence electrons. The van der Waals surface area contributed by atoms with Gasteiger partial charge in [0.1, 0.15) is 0 Å². The maximum atomic E-state index is 4.38. The van der Waals surface area contributed by atoms with E-state index in [0.717, 1.165) is 0 Å². The quantitative estimate of drug-likeness (QED) is 0.174. The summed E-state index contributed by atoms with van der Waals surface area (Å²) in [5.41, 5.74) is 5.70. The van der Waals surface area contributed by atoms with E-state index in [1.165, 1.54) is 65.7 Å². The van der Waals surface area contributed by atoms with E-state index in [9.17, 15) is 0 Å². The summed E-state index contributed by atoms with van der Waals surface area (Å²) in [6, 6.07) is 64.9. The molecule has 0 radical (unpaired) electrons. The first-order valence-corrected chi connectivity index (χ1v) is 16.2. The Bertz CT molecular complexity index is 1350. The second kappa shape index (κ2) is 14.8. The topological polar surface area (TPSA) is 24.1 Å². The average Bonchev–Trinajstić information content (AvgIpc) is 3.16. The van der Waals surface area contributed by atoms with Gasteiger partial charge in [0.2, 0.25) is 0 Å². The van der Waals surface area contributed by atoms with Gasteiger partial charge in [0.15, 0.2) is 0 Å². The van der Waals surface area contributed by atoms with Crippen LogP contribution in [0.25, 0.3) is 0 Å². The first-order chi connectivity index (χ1) is 22.3. The van der Waals surface area contributed by atoms with Gasteiger partial charge in [-0.2, -0.15) is 0 Å². The van der Waals surface area contributed by atoms with Gasteiger partial charge in [-0.15, -0.1) is 0 Å². The molecule has 1 fully saturated rings. The maximum Gasteiger partial charge on any atom is 0.0959 e. The Morgan fingerprint density at radius 3 is 0.689 bits per heavy atom. The minimum absolute atomic E-state index is 0.675. The van der Waals surface area contributed by atoms with Crippen LogP contribution in [0.15, 0.2) is 182 Å². The van der Waals surface area contributed by atoms with Crippen molar-refractivity contribution in [2.45, 2.75) is 30.3 Å². The molecular formula is C43H42N2. The average molecular weight is 587 g/mol. The number of piperidine rings is 1. The van der Waals surface area contributed by atoms with Crippen molar-refractivity contribution in [3.63, 3.8) is 0 Å². The summed E-state index contributed by atoms with van der Waals surface area (Å²) in [5, 5.41) is 7.66. The third kappa shape index (κ3) is 6.54. The van der Waals surface area contributed by atoms with Gasteiger partial charge in [-0.3, -0.25) is 5.32 Å². The molecule has 0 saturated carbocycles. The molecule has 0 aliphatic carbocycles. The number of rotatable bonds is 8. The predicted octanol–water partition coefficient (Wildman–Crippen LogP) is 9.32. The molecule has 2 nitrogen and oxygen atoms in total. The second-order valence-corrected chi connectivity index (χ2v) is 11.6. The third-order valence-corrected chi connectivity index (χ3v) is 8.82. The van der Waals surface area contributed by atoms with E-state index in [-0.39, 0.29) is 0 Å². The molecule has 1 aliphatic rings. The lowest BCUT2D eigenvalue weighted by atomic mass is 9.70. The van der Waals surface area contributed by atoms with Crippen LogP contribution in [-0.2, 0) is 11.1 Å². The first kappa shape index (κ1) is 30.3.